The van der Waals surface area contributed by atoms with E-state index in [-0.39, 0.29) is 17.7 Å². The molecule has 1 saturated carbocycles. The van der Waals surface area contributed by atoms with Crippen molar-refractivity contribution in [2.45, 2.75) is 32.1 Å². The first-order valence-corrected chi connectivity index (χ1v) is 8.32. The molecule has 3 nitrogen and oxygen atoms in total. The Labute approximate surface area is 133 Å². The van der Waals surface area contributed by atoms with Crippen LogP contribution in [0.15, 0.2) is 29.6 Å². The topological polar surface area (TPSA) is 42.0 Å². The molecule has 110 valence electrons. The summed E-state index contributed by atoms with van der Waals surface area (Å²) in [5.74, 6) is 0.674. The zero-order chi connectivity index (χ0) is 15.0. The number of anilines is 1. The number of hydrogen-bond acceptors (Lipinski definition) is 3. The highest BCUT2D eigenvalue weighted by atomic mass is 35.5. The summed E-state index contributed by atoms with van der Waals surface area (Å²) in [6.07, 6.45) is 0.859. The van der Waals surface area contributed by atoms with Gasteiger partial charge in [0, 0.05) is 16.3 Å². The van der Waals surface area contributed by atoms with Gasteiger partial charge in [-0.2, -0.15) is 0 Å². The van der Waals surface area contributed by atoms with Crippen LogP contribution in [0.25, 0.3) is 0 Å². The number of carbonyl (C=O) groups is 1. The fourth-order valence-corrected chi connectivity index (χ4v) is 3.56. The number of benzene rings is 1. The van der Waals surface area contributed by atoms with Gasteiger partial charge in [0.05, 0.1) is 5.69 Å². The Balaban J connectivity index is 1.64. The van der Waals surface area contributed by atoms with E-state index in [1.165, 1.54) is 11.3 Å². The van der Waals surface area contributed by atoms with Crippen LogP contribution in [-0.4, -0.2) is 10.9 Å². The van der Waals surface area contributed by atoms with Crippen LogP contribution in [0.4, 0.5) is 5.13 Å². The van der Waals surface area contributed by atoms with Gasteiger partial charge in [-0.25, -0.2) is 4.98 Å². The van der Waals surface area contributed by atoms with Crippen molar-refractivity contribution >= 4 is 34.0 Å². The number of carbonyl (C=O) groups excluding carboxylic acids is 1. The van der Waals surface area contributed by atoms with Crippen molar-refractivity contribution in [2.24, 2.45) is 5.92 Å². The zero-order valence-corrected chi connectivity index (χ0v) is 13.5. The van der Waals surface area contributed by atoms with Crippen LogP contribution in [-0.2, 0) is 4.79 Å². The highest BCUT2D eigenvalue weighted by Gasteiger charge is 2.45. The van der Waals surface area contributed by atoms with E-state index in [1.807, 2.05) is 29.6 Å². The third kappa shape index (κ3) is 3.11. The molecule has 1 aliphatic rings. The lowest BCUT2D eigenvalue weighted by Gasteiger charge is -2.04. The molecule has 0 bridgehead atoms. The molecule has 0 saturated heterocycles. The van der Waals surface area contributed by atoms with Gasteiger partial charge in [-0.1, -0.05) is 43.6 Å². The molecule has 0 radical (unpaired) electrons. The van der Waals surface area contributed by atoms with E-state index in [0.717, 1.165) is 22.7 Å². The standard InChI is InChI=1S/C16H17ClN2OS/c1-9(2)14-8-21-16(18-14)19-15(20)12-7-11(12)10-5-3-4-6-13(10)17/h3-6,8-9,11-12H,7H2,1-2H3,(H,18,19,20). The van der Waals surface area contributed by atoms with Crippen molar-refractivity contribution in [2.75, 3.05) is 5.32 Å². The van der Waals surface area contributed by atoms with Gasteiger partial charge >= 0.3 is 0 Å². The quantitative estimate of drug-likeness (QED) is 0.890. The largest absolute Gasteiger partial charge is 0.302 e. The minimum Gasteiger partial charge on any atom is -0.302 e. The van der Waals surface area contributed by atoms with Gasteiger partial charge in [-0.05, 0) is 29.9 Å². The number of thiazole rings is 1. The van der Waals surface area contributed by atoms with E-state index in [0.29, 0.717) is 11.0 Å². The van der Waals surface area contributed by atoms with Crippen LogP contribution in [0.2, 0.25) is 5.02 Å². The van der Waals surface area contributed by atoms with E-state index in [9.17, 15) is 4.79 Å². The summed E-state index contributed by atoms with van der Waals surface area (Å²) in [6.45, 7) is 4.18. The molecule has 3 rings (SSSR count). The third-order valence-corrected chi connectivity index (χ3v) is 4.90. The molecule has 1 aromatic heterocycles. The normalized spacial score (nSPS) is 20.6. The maximum Gasteiger partial charge on any atom is 0.229 e. The van der Waals surface area contributed by atoms with E-state index in [1.54, 1.807) is 0 Å². The van der Waals surface area contributed by atoms with Gasteiger partial charge in [0.1, 0.15) is 0 Å². The Morgan fingerprint density at radius 3 is 2.86 bits per heavy atom. The molecule has 0 aliphatic heterocycles. The number of nitrogens with one attached hydrogen (secondary N) is 1. The summed E-state index contributed by atoms with van der Waals surface area (Å²) >= 11 is 7.67. The molecule has 1 N–H and O–H groups in total. The molecule has 0 spiro atoms. The molecule has 2 unspecified atom stereocenters. The predicted octanol–water partition coefficient (Wildman–Crippen LogP) is 4.66. The highest BCUT2D eigenvalue weighted by Crippen LogP contribution is 2.50. The molecule has 1 aliphatic carbocycles. The monoisotopic (exact) mass is 320 g/mol. The van der Waals surface area contributed by atoms with Crippen LogP contribution in [0.1, 0.15) is 43.4 Å². The second-order valence-electron chi connectivity index (χ2n) is 5.69. The van der Waals surface area contributed by atoms with Crippen molar-refractivity contribution in [1.29, 1.82) is 0 Å². The Morgan fingerprint density at radius 1 is 1.43 bits per heavy atom. The second-order valence-corrected chi connectivity index (χ2v) is 6.96. The van der Waals surface area contributed by atoms with Gasteiger partial charge in [0.2, 0.25) is 5.91 Å². The van der Waals surface area contributed by atoms with Crippen molar-refractivity contribution in [3.63, 3.8) is 0 Å². The molecule has 1 fully saturated rings. The molecular weight excluding hydrogens is 304 g/mol. The smallest absolute Gasteiger partial charge is 0.229 e. The maximum absolute atomic E-state index is 12.3. The van der Waals surface area contributed by atoms with Gasteiger partial charge < -0.3 is 5.32 Å². The number of aromatic nitrogens is 1. The fourth-order valence-electron chi connectivity index (χ4n) is 2.41. The molecule has 21 heavy (non-hydrogen) atoms. The predicted molar refractivity (Wildman–Crippen MR) is 87.1 cm³/mol. The first-order valence-electron chi connectivity index (χ1n) is 7.07. The summed E-state index contributed by atoms with van der Waals surface area (Å²) < 4.78 is 0. The highest BCUT2D eigenvalue weighted by molar-refractivity contribution is 7.13. The molecular formula is C16H17ClN2OS. The number of nitrogens with zero attached hydrogens (tertiary/aromatic N) is 1. The van der Waals surface area contributed by atoms with Gasteiger partial charge in [-0.3, -0.25) is 4.79 Å². The van der Waals surface area contributed by atoms with E-state index >= 15 is 0 Å². The molecule has 1 heterocycles. The summed E-state index contributed by atoms with van der Waals surface area (Å²) in [6, 6.07) is 7.75. The number of rotatable bonds is 4. The van der Waals surface area contributed by atoms with Gasteiger partial charge in [0.25, 0.3) is 0 Å². The van der Waals surface area contributed by atoms with Crippen LogP contribution < -0.4 is 5.32 Å². The zero-order valence-electron chi connectivity index (χ0n) is 12.0. The molecule has 1 aromatic carbocycles. The maximum atomic E-state index is 12.3. The van der Waals surface area contributed by atoms with Gasteiger partial charge in [-0.15, -0.1) is 11.3 Å². The van der Waals surface area contributed by atoms with Crippen molar-refractivity contribution < 1.29 is 4.79 Å². The minimum atomic E-state index is 0.0105. The lowest BCUT2D eigenvalue weighted by atomic mass is 10.1. The number of halogens is 1. The minimum absolute atomic E-state index is 0.0105. The summed E-state index contributed by atoms with van der Waals surface area (Å²) in [7, 11) is 0. The van der Waals surface area contributed by atoms with Crippen LogP contribution in [0.3, 0.4) is 0 Å². The Morgan fingerprint density at radius 2 is 2.19 bits per heavy atom. The van der Waals surface area contributed by atoms with Gasteiger partial charge in [0.15, 0.2) is 5.13 Å². The van der Waals surface area contributed by atoms with Crippen LogP contribution in [0, 0.1) is 5.92 Å². The molecule has 2 aromatic rings. The summed E-state index contributed by atoms with van der Waals surface area (Å²) in [5.41, 5.74) is 2.09. The average molecular weight is 321 g/mol. The lowest BCUT2D eigenvalue weighted by Crippen LogP contribution is -2.14. The SMILES string of the molecule is CC(C)c1csc(NC(=O)C2CC2c2ccccc2Cl)n1. The second kappa shape index (κ2) is 5.78. The average Bonchev–Trinajstić information content (AvgIpc) is 3.11. The first-order chi connectivity index (χ1) is 10.1. The Bertz CT molecular complexity index is 668. The Kier molecular flexibility index (Phi) is 4.00. The molecule has 1 amide bonds. The van der Waals surface area contributed by atoms with E-state index in [2.05, 4.69) is 24.1 Å². The number of hydrogen-bond donors (Lipinski definition) is 1. The van der Waals surface area contributed by atoms with Crippen LogP contribution >= 0.6 is 22.9 Å². The molecule has 5 heteroatoms. The van der Waals surface area contributed by atoms with Crippen molar-refractivity contribution in [1.82, 2.24) is 4.98 Å². The fraction of sp³-hybridized carbons (Fsp3) is 0.375. The van der Waals surface area contributed by atoms with Crippen LogP contribution in [0.5, 0.6) is 0 Å². The first kappa shape index (κ1) is 14.5. The van der Waals surface area contributed by atoms with E-state index < -0.39 is 0 Å². The summed E-state index contributed by atoms with van der Waals surface area (Å²) in [4.78, 5) is 16.7. The molecule has 2 atom stereocenters. The van der Waals surface area contributed by atoms with Crippen molar-refractivity contribution in [3.8, 4) is 0 Å². The lowest BCUT2D eigenvalue weighted by molar-refractivity contribution is -0.117. The van der Waals surface area contributed by atoms with E-state index in [4.69, 9.17) is 11.6 Å². The van der Waals surface area contributed by atoms with Crippen molar-refractivity contribution in [3.05, 3.63) is 45.9 Å². The Hall–Kier alpha value is -1.39. The summed E-state index contributed by atoms with van der Waals surface area (Å²) in [5, 5.41) is 6.36. The number of amides is 1. The third-order valence-electron chi connectivity index (χ3n) is 3.78.